The topological polar surface area (TPSA) is 63.3 Å². The second kappa shape index (κ2) is 6.06. The summed E-state index contributed by atoms with van der Waals surface area (Å²) < 4.78 is 0. The smallest absolute Gasteiger partial charge is 0.303 e. The van der Waals surface area contributed by atoms with Crippen LogP contribution in [0.3, 0.4) is 0 Å². The zero-order chi connectivity index (χ0) is 14.7. The predicted molar refractivity (Wildman–Crippen MR) is 81.6 cm³/mol. The molecule has 0 heterocycles. The molecule has 0 radical (unpaired) electrons. The Morgan fingerprint density at radius 2 is 1.95 bits per heavy atom. The highest BCUT2D eigenvalue weighted by Crippen LogP contribution is 2.30. The van der Waals surface area contributed by atoms with Crippen LogP contribution >= 0.6 is 0 Å². The number of hydrogen-bond acceptors (Lipinski definition) is 2. The van der Waals surface area contributed by atoms with E-state index in [9.17, 15) is 4.79 Å². The summed E-state index contributed by atoms with van der Waals surface area (Å²) in [5, 5.41) is 11.2. The van der Waals surface area contributed by atoms with Crippen LogP contribution in [0, 0.1) is 12.8 Å². The van der Waals surface area contributed by atoms with Crippen molar-refractivity contribution in [1.82, 2.24) is 0 Å². The lowest BCUT2D eigenvalue weighted by molar-refractivity contribution is -0.138. The second-order valence-corrected chi connectivity index (χ2v) is 5.56. The Morgan fingerprint density at radius 3 is 2.65 bits per heavy atom. The standard InChI is InChI=1S/C17H21NO2/c1-11(10-16(19)20)9-15(18)17-12(2)7-8-13-5-3-4-6-14(13)17/h3-8,11,15H,9-10,18H2,1-2H3,(H,19,20). The molecule has 106 valence electrons. The molecule has 3 heteroatoms. The zero-order valence-corrected chi connectivity index (χ0v) is 12.0. The van der Waals surface area contributed by atoms with E-state index in [4.69, 9.17) is 10.8 Å². The van der Waals surface area contributed by atoms with Gasteiger partial charge in [-0.05, 0) is 41.2 Å². The van der Waals surface area contributed by atoms with Crippen LogP contribution in [0.1, 0.15) is 36.9 Å². The number of fused-ring (bicyclic) bond motifs is 1. The number of carboxylic acids is 1. The van der Waals surface area contributed by atoms with Crippen molar-refractivity contribution in [3.05, 3.63) is 47.5 Å². The van der Waals surface area contributed by atoms with E-state index in [-0.39, 0.29) is 18.4 Å². The largest absolute Gasteiger partial charge is 0.481 e. The summed E-state index contributed by atoms with van der Waals surface area (Å²) in [6.45, 7) is 4.00. The predicted octanol–water partition coefficient (Wildman–Crippen LogP) is 3.65. The lowest BCUT2D eigenvalue weighted by atomic mass is 9.89. The van der Waals surface area contributed by atoms with E-state index in [1.807, 2.05) is 19.1 Å². The lowest BCUT2D eigenvalue weighted by Crippen LogP contribution is -2.17. The molecular weight excluding hydrogens is 250 g/mol. The van der Waals surface area contributed by atoms with Gasteiger partial charge in [-0.15, -0.1) is 0 Å². The van der Waals surface area contributed by atoms with Crippen molar-refractivity contribution in [2.75, 3.05) is 0 Å². The molecule has 2 rings (SSSR count). The minimum atomic E-state index is -0.764. The zero-order valence-electron chi connectivity index (χ0n) is 12.0. The van der Waals surface area contributed by atoms with Gasteiger partial charge in [0.15, 0.2) is 0 Å². The number of rotatable bonds is 5. The summed E-state index contributed by atoms with van der Waals surface area (Å²) in [6.07, 6.45) is 0.846. The van der Waals surface area contributed by atoms with Gasteiger partial charge in [-0.1, -0.05) is 43.3 Å². The van der Waals surface area contributed by atoms with Gasteiger partial charge in [-0.25, -0.2) is 0 Å². The first-order valence-corrected chi connectivity index (χ1v) is 6.94. The van der Waals surface area contributed by atoms with Crippen molar-refractivity contribution in [2.24, 2.45) is 11.7 Å². The second-order valence-electron chi connectivity index (χ2n) is 5.56. The Morgan fingerprint density at radius 1 is 1.25 bits per heavy atom. The molecule has 3 N–H and O–H groups in total. The number of nitrogens with two attached hydrogens (primary N) is 1. The summed E-state index contributed by atoms with van der Waals surface area (Å²) in [5.41, 5.74) is 8.65. The third kappa shape index (κ3) is 3.17. The molecule has 2 atom stereocenters. The minimum Gasteiger partial charge on any atom is -0.481 e. The Labute approximate surface area is 119 Å². The van der Waals surface area contributed by atoms with Crippen LogP contribution in [0.2, 0.25) is 0 Å². The lowest BCUT2D eigenvalue weighted by Gasteiger charge is -2.20. The fourth-order valence-electron chi connectivity index (χ4n) is 2.83. The molecule has 2 unspecified atom stereocenters. The summed E-state index contributed by atoms with van der Waals surface area (Å²) in [4.78, 5) is 10.8. The monoisotopic (exact) mass is 271 g/mol. The summed E-state index contributed by atoms with van der Waals surface area (Å²) in [5.74, 6) is -0.694. The molecule has 20 heavy (non-hydrogen) atoms. The van der Waals surface area contributed by atoms with E-state index < -0.39 is 5.97 Å². The van der Waals surface area contributed by atoms with Crippen LogP contribution < -0.4 is 5.73 Å². The first-order chi connectivity index (χ1) is 9.49. The molecule has 0 aliphatic heterocycles. The fourth-order valence-corrected chi connectivity index (χ4v) is 2.83. The third-order valence-corrected chi connectivity index (χ3v) is 3.74. The van der Waals surface area contributed by atoms with Gasteiger partial charge in [0.1, 0.15) is 0 Å². The third-order valence-electron chi connectivity index (χ3n) is 3.74. The van der Waals surface area contributed by atoms with Crippen molar-refractivity contribution in [3.8, 4) is 0 Å². The maximum absolute atomic E-state index is 10.8. The number of carboxylic acid groups (broad SMARTS) is 1. The number of hydrogen-bond donors (Lipinski definition) is 2. The van der Waals surface area contributed by atoms with Crippen molar-refractivity contribution >= 4 is 16.7 Å². The summed E-state index contributed by atoms with van der Waals surface area (Å²) in [7, 11) is 0. The van der Waals surface area contributed by atoms with Gasteiger partial charge >= 0.3 is 5.97 Å². The van der Waals surface area contributed by atoms with Gasteiger partial charge in [0, 0.05) is 12.5 Å². The van der Waals surface area contributed by atoms with Crippen molar-refractivity contribution in [3.63, 3.8) is 0 Å². The van der Waals surface area contributed by atoms with E-state index >= 15 is 0 Å². The molecular formula is C17H21NO2. The SMILES string of the molecule is Cc1ccc2ccccc2c1C(N)CC(C)CC(=O)O. The highest BCUT2D eigenvalue weighted by atomic mass is 16.4. The maximum atomic E-state index is 10.8. The average molecular weight is 271 g/mol. The minimum absolute atomic E-state index is 0.0702. The van der Waals surface area contributed by atoms with E-state index in [0.29, 0.717) is 6.42 Å². The highest BCUT2D eigenvalue weighted by Gasteiger charge is 2.17. The first-order valence-electron chi connectivity index (χ1n) is 6.94. The quantitative estimate of drug-likeness (QED) is 0.872. The van der Waals surface area contributed by atoms with Crippen LogP contribution in [0.5, 0.6) is 0 Å². The van der Waals surface area contributed by atoms with E-state index in [1.54, 1.807) is 0 Å². The number of aliphatic carboxylic acids is 1. The molecule has 0 aliphatic carbocycles. The van der Waals surface area contributed by atoms with Crippen molar-refractivity contribution in [2.45, 2.75) is 32.7 Å². The molecule has 0 amide bonds. The summed E-state index contributed by atoms with van der Waals surface area (Å²) in [6, 6.07) is 12.2. The Balaban J connectivity index is 2.31. The van der Waals surface area contributed by atoms with Crippen molar-refractivity contribution in [1.29, 1.82) is 0 Å². The van der Waals surface area contributed by atoms with E-state index in [1.165, 1.54) is 16.3 Å². The molecule has 0 aliphatic rings. The average Bonchev–Trinajstić information content (AvgIpc) is 2.37. The first kappa shape index (κ1) is 14.5. The van der Waals surface area contributed by atoms with Crippen LogP contribution in [0.15, 0.2) is 36.4 Å². The molecule has 0 saturated heterocycles. The summed E-state index contributed by atoms with van der Waals surface area (Å²) >= 11 is 0. The van der Waals surface area contributed by atoms with Crippen LogP contribution in [-0.2, 0) is 4.79 Å². The molecule has 0 fully saturated rings. The molecule has 2 aromatic rings. The van der Waals surface area contributed by atoms with Gasteiger partial charge in [0.25, 0.3) is 0 Å². The van der Waals surface area contributed by atoms with E-state index in [2.05, 4.69) is 31.2 Å². The number of benzene rings is 2. The number of aryl methyl sites for hydroxylation is 1. The maximum Gasteiger partial charge on any atom is 0.303 e. The molecule has 3 nitrogen and oxygen atoms in total. The Bertz CT molecular complexity index is 621. The van der Waals surface area contributed by atoms with E-state index in [0.717, 1.165) is 5.56 Å². The fraction of sp³-hybridized carbons (Fsp3) is 0.353. The van der Waals surface area contributed by atoms with Gasteiger partial charge in [0.2, 0.25) is 0 Å². The molecule has 2 aromatic carbocycles. The Hall–Kier alpha value is -1.87. The molecule has 0 aromatic heterocycles. The normalized spacial score (nSPS) is 14.2. The van der Waals surface area contributed by atoms with Gasteiger partial charge in [-0.3, -0.25) is 4.79 Å². The highest BCUT2D eigenvalue weighted by molar-refractivity contribution is 5.87. The van der Waals surface area contributed by atoms with Crippen LogP contribution in [0.25, 0.3) is 10.8 Å². The Kier molecular flexibility index (Phi) is 4.40. The van der Waals surface area contributed by atoms with Gasteiger partial charge in [0.05, 0.1) is 0 Å². The molecule has 0 saturated carbocycles. The van der Waals surface area contributed by atoms with Crippen LogP contribution in [0.4, 0.5) is 0 Å². The van der Waals surface area contributed by atoms with Gasteiger partial charge < -0.3 is 10.8 Å². The van der Waals surface area contributed by atoms with Crippen LogP contribution in [-0.4, -0.2) is 11.1 Å². The molecule has 0 spiro atoms. The van der Waals surface area contributed by atoms with Crippen molar-refractivity contribution < 1.29 is 9.90 Å². The molecule has 0 bridgehead atoms. The van der Waals surface area contributed by atoms with Gasteiger partial charge in [-0.2, -0.15) is 0 Å². The number of carbonyl (C=O) groups is 1.